The minimum atomic E-state index is 0.214. The van der Waals surface area contributed by atoms with E-state index < -0.39 is 0 Å². The molecule has 0 bridgehead atoms. The molecule has 2 unspecified atom stereocenters. The van der Waals surface area contributed by atoms with Crippen molar-refractivity contribution in [2.24, 2.45) is 0 Å². The van der Waals surface area contributed by atoms with Crippen molar-refractivity contribution in [1.82, 2.24) is 10.3 Å². The van der Waals surface area contributed by atoms with Crippen LogP contribution in [0.2, 0.25) is 5.02 Å². The molecule has 2 aromatic rings. The third-order valence-electron chi connectivity index (χ3n) is 4.51. The maximum absolute atomic E-state index is 6.55. The fourth-order valence-corrected chi connectivity index (χ4v) is 3.70. The molecule has 1 aromatic heterocycles. The lowest BCUT2D eigenvalue weighted by atomic mass is 9.79. The third-order valence-corrected chi connectivity index (χ3v) is 5.02. The van der Waals surface area contributed by atoms with Gasteiger partial charge in [0.15, 0.2) is 0 Å². The van der Waals surface area contributed by atoms with Gasteiger partial charge in [-0.2, -0.15) is 0 Å². The summed E-state index contributed by atoms with van der Waals surface area (Å²) in [6.07, 6.45) is 5.41. The van der Waals surface area contributed by atoms with E-state index in [0.717, 1.165) is 23.4 Å². The van der Waals surface area contributed by atoms with Crippen LogP contribution in [0.1, 0.15) is 47.2 Å². The second kappa shape index (κ2) is 6.17. The quantitative estimate of drug-likeness (QED) is 0.907. The zero-order valence-corrected chi connectivity index (χ0v) is 13.3. The van der Waals surface area contributed by atoms with Gasteiger partial charge in [0.2, 0.25) is 0 Å². The van der Waals surface area contributed by atoms with Crippen molar-refractivity contribution in [3.05, 3.63) is 63.9 Å². The van der Waals surface area contributed by atoms with Crippen molar-refractivity contribution in [3.63, 3.8) is 0 Å². The number of rotatable bonds is 3. The summed E-state index contributed by atoms with van der Waals surface area (Å²) < 4.78 is 0. The number of nitrogens with one attached hydrogen (secondary N) is 1. The minimum Gasteiger partial charge on any atom is -0.312 e. The Labute approximate surface area is 131 Å². The number of nitrogens with zero attached hydrogens (tertiary/aromatic N) is 1. The normalized spacial score (nSPS) is 19.1. The molecule has 2 atom stereocenters. The number of pyridine rings is 1. The molecule has 0 spiro atoms. The Morgan fingerprint density at radius 2 is 2.14 bits per heavy atom. The van der Waals surface area contributed by atoms with Gasteiger partial charge in [0, 0.05) is 28.9 Å². The summed E-state index contributed by atoms with van der Waals surface area (Å²) in [5.74, 6) is 0.388. The zero-order valence-electron chi connectivity index (χ0n) is 12.6. The molecule has 2 nitrogen and oxygen atoms in total. The van der Waals surface area contributed by atoms with Crippen molar-refractivity contribution in [2.45, 2.75) is 38.1 Å². The Hall–Kier alpha value is -1.38. The van der Waals surface area contributed by atoms with Crippen molar-refractivity contribution >= 4 is 11.6 Å². The first-order valence-corrected chi connectivity index (χ1v) is 7.96. The van der Waals surface area contributed by atoms with E-state index in [-0.39, 0.29) is 6.04 Å². The maximum Gasteiger partial charge on any atom is 0.0485 e. The summed E-state index contributed by atoms with van der Waals surface area (Å²) in [7, 11) is 2.01. The first-order chi connectivity index (χ1) is 10.2. The summed E-state index contributed by atoms with van der Waals surface area (Å²) in [5, 5.41) is 4.35. The number of fused-ring (bicyclic) bond motifs is 1. The molecule has 3 rings (SSSR count). The van der Waals surface area contributed by atoms with Crippen LogP contribution in [0, 0.1) is 6.92 Å². The average Bonchev–Trinajstić information content (AvgIpc) is 2.52. The number of aromatic nitrogens is 1. The van der Waals surface area contributed by atoms with Crippen molar-refractivity contribution in [2.75, 3.05) is 7.05 Å². The minimum absolute atomic E-state index is 0.214. The highest BCUT2D eigenvalue weighted by atomic mass is 35.5. The molecule has 0 saturated heterocycles. The van der Waals surface area contributed by atoms with Crippen LogP contribution in [0.5, 0.6) is 0 Å². The Kier molecular flexibility index (Phi) is 4.27. The summed E-state index contributed by atoms with van der Waals surface area (Å²) >= 11 is 6.55. The van der Waals surface area contributed by atoms with Gasteiger partial charge in [0.25, 0.3) is 0 Å². The second-order valence-corrected chi connectivity index (χ2v) is 6.17. The predicted octanol–water partition coefficient (Wildman–Crippen LogP) is 4.42. The molecule has 1 aliphatic rings. The molecule has 1 heterocycles. The van der Waals surface area contributed by atoms with Gasteiger partial charge in [0.05, 0.1) is 0 Å². The molecule has 0 fully saturated rings. The van der Waals surface area contributed by atoms with Crippen molar-refractivity contribution in [1.29, 1.82) is 0 Å². The number of likely N-dealkylation sites (N-methyl/N-ethyl adjacent to an activating group) is 1. The van der Waals surface area contributed by atoms with Crippen LogP contribution in [0.3, 0.4) is 0 Å². The zero-order chi connectivity index (χ0) is 14.8. The number of benzene rings is 1. The van der Waals surface area contributed by atoms with Crippen LogP contribution in [0.4, 0.5) is 0 Å². The van der Waals surface area contributed by atoms with Crippen molar-refractivity contribution in [3.8, 4) is 0 Å². The van der Waals surface area contributed by atoms with Gasteiger partial charge in [0.1, 0.15) is 0 Å². The fraction of sp³-hybridized carbons (Fsp3) is 0.389. The topological polar surface area (TPSA) is 24.9 Å². The Morgan fingerprint density at radius 1 is 1.29 bits per heavy atom. The fourth-order valence-electron chi connectivity index (χ4n) is 3.45. The van der Waals surface area contributed by atoms with Crippen LogP contribution < -0.4 is 5.32 Å². The van der Waals surface area contributed by atoms with Crippen LogP contribution in [-0.2, 0) is 6.42 Å². The molecule has 21 heavy (non-hydrogen) atoms. The van der Waals surface area contributed by atoms with Crippen LogP contribution in [-0.4, -0.2) is 12.0 Å². The van der Waals surface area contributed by atoms with E-state index in [2.05, 4.69) is 41.5 Å². The molecular weight excluding hydrogens is 280 g/mol. The van der Waals surface area contributed by atoms with Gasteiger partial charge in [-0.15, -0.1) is 0 Å². The predicted molar refractivity (Wildman–Crippen MR) is 87.9 cm³/mol. The molecule has 1 N–H and O–H groups in total. The van der Waals surface area contributed by atoms with E-state index in [1.807, 2.05) is 19.3 Å². The van der Waals surface area contributed by atoms with Crippen LogP contribution in [0.25, 0.3) is 0 Å². The average molecular weight is 301 g/mol. The van der Waals surface area contributed by atoms with E-state index in [4.69, 9.17) is 11.6 Å². The molecular formula is C18H21ClN2. The highest BCUT2D eigenvalue weighted by molar-refractivity contribution is 6.32. The van der Waals surface area contributed by atoms with Gasteiger partial charge < -0.3 is 5.32 Å². The molecule has 0 radical (unpaired) electrons. The molecule has 1 aromatic carbocycles. The number of hydrogen-bond donors (Lipinski definition) is 1. The standard InChI is InChI=1S/C18H21ClN2/c1-12-6-3-9-14(16(12)19)18(20-2)15-10-4-7-13-8-5-11-21-17(13)15/h3,5-6,8-9,11,15,18,20H,4,7,10H2,1-2H3. The van der Waals surface area contributed by atoms with Gasteiger partial charge in [-0.25, -0.2) is 0 Å². The highest BCUT2D eigenvalue weighted by Crippen LogP contribution is 2.41. The van der Waals surface area contributed by atoms with Gasteiger partial charge >= 0.3 is 0 Å². The third kappa shape index (κ3) is 2.70. The second-order valence-electron chi connectivity index (χ2n) is 5.79. The highest BCUT2D eigenvalue weighted by Gasteiger charge is 2.30. The smallest absolute Gasteiger partial charge is 0.0485 e. The number of halogens is 1. The van der Waals surface area contributed by atoms with Crippen molar-refractivity contribution < 1.29 is 0 Å². The summed E-state index contributed by atoms with van der Waals surface area (Å²) in [6, 6.07) is 10.7. The maximum atomic E-state index is 6.55. The molecule has 110 valence electrons. The lowest BCUT2D eigenvalue weighted by Gasteiger charge is -2.32. The molecule has 0 aliphatic heterocycles. The lowest BCUT2D eigenvalue weighted by molar-refractivity contribution is 0.416. The van der Waals surface area contributed by atoms with Gasteiger partial charge in [-0.1, -0.05) is 35.9 Å². The van der Waals surface area contributed by atoms with E-state index >= 15 is 0 Å². The monoisotopic (exact) mass is 300 g/mol. The number of aryl methyl sites for hydroxylation is 2. The SMILES string of the molecule is CNC(c1cccc(C)c1Cl)C1CCCc2cccnc21. The summed E-state index contributed by atoms with van der Waals surface area (Å²) in [6.45, 7) is 2.06. The van der Waals surface area contributed by atoms with E-state index in [1.165, 1.54) is 23.2 Å². The Bertz CT molecular complexity index is 639. The summed E-state index contributed by atoms with van der Waals surface area (Å²) in [4.78, 5) is 4.66. The molecule has 0 saturated carbocycles. The van der Waals surface area contributed by atoms with Crippen LogP contribution >= 0.6 is 11.6 Å². The molecule has 1 aliphatic carbocycles. The lowest BCUT2D eigenvalue weighted by Crippen LogP contribution is -2.27. The molecule has 0 amide bonds. The largest absolute Gasteiger partial charge is 0.312 e. The van der Waals surface area contributed by atoms with E-state index in [9.17, 15) is 0 Å². The number of hydrogen-bond acceptors (Lipinski definition) is 2. The van der Waals surface area contributed by atoms with Crippen LogP contribution in [0.15, 0.2) is 36.5 Å². The van der Waals surface area contributed by atoms with Gasteiger partial charge in [-0.3, -0.25) is 4.98 Å². The molecule has 3 heteroatoms. The van der Waals surface area contributed by atoms with E-state index in [0.29, 0.717) is 5.92 Å². The summed E-state index contributed by atoms with van der Waals surface area (Å²) in [5.41, 5.74) is 4.94. The Morgan fingerprint density at radius 3 is 2.95 bits per heavy atom. The van der Waals surface area contributed by atoms with Gasteiger partial charge in [-0.05, 0) is 56.0 Å². The Balaban J connectivity index is 2.04. The van der Waals surface area contributed by atoms with E-state index in [1.54, 1.807) is 0 Å². The first-order valence-electron chi connectivity index (χ1n) is 7.58. The first kappa shape index (κ1) is 14.6.